The summed E-state index contributed by atoms with van der Waals surface area (Å²) in [6.07, 6.45) is 0. The first kappa shape index (κ1) is 32.2. The molecule has 4 aromatic rings. The van der Waals surface area contributed by atoms with Gasteiger partial charge in [0.1, 0.15) is 0 Å². The van der Waals surface area contributed by atoms with Crippen molar-refractivity contribution in [3.8, 4) is 22.8 Å². The van der Waals surface area contributed by atoms with Gasteiger partial charge in [-0.05, 0) is 76.2 Å². The quantitative estimate of drug-likeness (QED) is 0.287. The van der Waals surface area contributed by atoms with Gasteiger partial charge in [0.25, 0.3) is 0 Å². The molecule has 0 spiro atoms. The zero-order valence-electron chi connectivity index (χ0n) is 18.3. The van der Waals surface area contributed by atoms with E-state index >= 15 is 0 Å². The minimum atomic E-state index is 0. The molecule has 178 valence electrons. The maximum absolute atomic E-state index is 4.42. The van der Waals surface area contributed by atoms with E-state index in [4.69, 9.17) is 0 Å². The summed E-state index contributed by atoms with van der Waals surface area (Å²) in [6.45, 7) is 7.94. The van der Waals surface area contributed by atoms with E-state index in [1.54, 1.807) is 0 Å². The fourth-order valence-electron chi connectivity index (χ4n) is 2.74. The average molecular weight is 798 g/mol. The molecule has 0 aliphatic heterocycles. The first-order chi connectivity index (χ1) is 13.5. The van der Waals surface area contributed by atoms with Crippen LogP contribution in [-0.2, 0) is 44.8 Å². The van der Waals surface area contributed by atoms with Crippen LogP contribution in [0.2, 0.25) is 0 Å². The molecule has 0 aliphatic rings. The Hall–Kier alpha value is -2.00. The normalized spacial score (nSPS) is 8.88. The van der Waals surface area contributed by atoms with E-state index in [2.05, 4.69) is 19.9 Å². The van der Waals surface area contributed by atoms with E-state index in [1.807, 2.05) is 100 Å². The third kappa shape index (κ3) is 9.65. The van der Waals surface area contributed by atoms with E-state index in [0.29, 0.717) is 0 Å². The maximum Gasteiger partial charge on any atom is 0.0889 e. The molecule has 0 saturated heterocycles. The van der Waals surface area contributed by atoms with Crippen molar-refractivity contribution >= 4 is 0 Å². The number of hydrogen-bond acceptors (Lipinski definition) is 4. The predicted octanol–water partition coefficient (Wildman–Crippen LogP) is 3.87. The van der Waals surface area contributed by atoms with Crippen LogP contribution < -0.4 is 0 Å². The van der Waals surface area contributed by atoms with Crippen LogP contribution in [0, 0.1) is 27.7 Å². The van der Waals surface area contributed by atoms with Gasteiger partial charge in [0, 0.05) is 67.5 Å². The van der Waals surface area contributed by atoms with Gasteiger partial charge in [-0.15, -0.1) is 0 Å². The Labute approximate surface area is 220 Å². The molecule has 4 heterocycles. The summed E-state index contributed by atoms with van der Waals surface area (Å²) in [6, 6.07) is 23.9. The minimum absolute atomic E-state index is 0. The minimum Gasteiger partial charge on any atom is -0.412 e. The summed E-state index contributed by atoms with van der Waals surface area (Å²) in [5, 5.41) is 0. The number of aromatic nitrogens is 4. The van der Waals surface area contributed by atoms with Gasteiger partial charge in [0.2, 0.25) is 0 Å². The molecule has 0 bridgehead atoms. The van der Waals surface area contributed by atoms with E-state index in [9.17, 15) is 0 Å². The Bertz CT molecular complexity index is 921. The van der Waals surface area contributed by atoms with Crippen LogP contribution in [0.5, 0.6) is 0 Å². The Morgan fingerprint density at radius 3 is 0.719 bits per heavy atom. The van der Waals surface area contributed by atoms with Crippen LogP contribution in [0.1, 0.15) is 22.8 Å². The smallest absolute Gasteiger partial charge is 0.0889 e. The fourth-order valence-corrected chi connectivity index (χ4v) is 2.74. The van der Waals surface area contributed by atoms with E-state index < -0.39 is 0 Å². The second-order valence-corrected chi connectivity index (χ2v) is 6.66. The summed E-state index contributed by atoms with van der Waals surface area (Å²) < 4.78 is 0. The SMILES string of the molecule is Cc1cccc(-c2cccc(C)n2)n1.Cc1cccc(-c2cccc(C)n2)n1.O.O.[Au].[Au]. The van der Waals surface area contributed by atoms with Crippen LogP contribution >= 0.6 is 0 Å². The van der Waals surface area contributed by atoms with Crippen LogP contribution in [0.3, 0.4) is 0 Å². The average Bonchev–Trinajstić information content (AvgIpc) is 2.69. The molecule has 0 saturated carbocycles. The summed E-state index contributed by atoms with van der Waals surface area (Å²) in [4.78, 5) is 17.7. The van der Waals surface area contributed by atoms with E-state index in [-0.39, 0.29) is 55.7 Å². The fraction of sp³-hybridized carbons (Fsp3) is 0.167. The third-order valence-corrected chi connectivity index (χ3v) is 4.08. The largest absolute Gasteiger partial charge is 0.412 e. The predicted molar refractivity (Wildman–Crippen MR) is 121 cm³/mol. The first-order valence-electron chi connectivity index (χ1n) is 9.26. The van der Waals surface area contributed by atoms with Gasteiger partial charge in [-0.3, -0.25) is 19.9 Å². The van der Waals surface area contributed by atoms with Crippen molar-refractivity contribution in [1.29, 1.82) is 0 Å². The molecule has 0 fully saturated rings. The van der Waals surface area contributed by atoms with Crippen LogP contribution in [-0.4, -0.2) is 30.9 Å². The molecule has 0 atom stereocenters. The van der Waals surface area contributed by atoms with Crippen molar-refractivity contribution in [2.75, 3.05) is 0 Å². The number of pyridine rings is 4. The first-order valence-corrected chi connectivity index (χ1v) is 9.26. The summed E-state index contributed by atoms with van der Waals surface area (Å²) in [5.74, 6) is 0. The number of nitrogens with zero attached hydrogens (tertiary/aromatic N) is 4. The number of rotatable bonds is 2. The van der Waals surface area contributed by atoms with Crippen molar-refractivity contribution in [2.24, 2.45) is 0 Å². The van der Waals surface area contributed by atoms with Gasteiger partial charge in [-0.2, -0.15) is 0 Å². The second kappa shape index (κ2) is 15.7. The van der Waals surface area contributed by atoms with Crippen molar-refractivity contribution in [2.45, 2.75) is 27.7 Å². The van der Waals surface area contributed by atoms with Crippen molar-refractivity contribution in [1.82, 2.24) is 19.9 Å². The molecule has 4 N–H and O–H groups in total. The van der Waals surface area contributed by atoms with Crippen LogP contribution in [0.4, 0.5) is 0 Å². The van der Waals surface area contributed by atoms with Gasteiger partial charge in [0.05, 0.1) is 22.8 Å². The molecule has 32 heavy (non-hydrogen) atoms. The Morgan fingerprint density at radius 2 is 0.562 bits per heavy atom. The molecular formula is C24H28Au2N4O2. The zero-order chi connectivity index (χ0) is 19.9. The van der Waals surface area contributed by atoms with Gasteiger partial charge in [-0.1, -0.05) is 24.3 Å². The van der Waals surface area contributed by atoms with Crippen molar-refractivity contribution in [3.05, 3.63) is 95.6 Å². The monoisotopic (exact) mass is 798 g/mol. The van der Waals surface area contributed by atoms with Gasteiger partial charge in [-0.25, -0.2) is 0 Å². The van der Waals surface area contributed by atoms with Crippen molar-refractivity contribution in [3.63, 3.8) is 0 Å². The number of hydrogen-bond donors (Lipinski definition) is 0. The van der Waals surface area contributed by atoms with E-state index in [0.717, 1.165) is 45.6 Å². The Kier molecular flexibility index (Phi) is 15.8. The molecule has 8 heteroatoms. The Balaban J connectivity index is 0. The van der Waals surface area contributed by atoms with Gasteiger partial charge >= 0.3 is 0 Å². The topological polar surface area (TPSA) is 115 Å². The van der Waals surface area contributed by atoms with Gasteiger partial charge in [0.15, 0.2) is 0 Å². The standard InChI is InChI=1S/2C12H12N2.2Au.2H2O/c2*1-9-5-3-7-11(13-9)12-8-4-6-10(2)14-12;;;;/h2*3-8H,1-2H3;;;2*1H2. The molecular weight excluding hydrogens is 770 g/mol. The van der Waals surface area contributed by atoms with Gasteiger partial charge < -0.3 is 11.0 Å². The molecule has 2 radical (unpaired) electrons. The Morgan fingerprint density at radius 1 is 0.375 bits per heavy atom. The van der Waals surface area contributed by atoms with Crippen LogP contribution in [0.25, 0.3) is 22.8 Å². The molecule has 0 unspecified atom stereocenters. The molecule has 0 aliphatic carbocycles. The number of aryl methyl sites for hydroxylation is 4. The molecule has 6 nitrogen and oxygen atoms in total. The second-order valence-electron chi connectivity index (χ2n) is 6.66. The van der Waals surface area contributed by atoms with Crippen molar-refractivity contribution < 1.29 is 55.7 Å². The molecule has 0 aromatic carbocycles. The summed E-state index contributed by atoms with van der Waals surface area (Å²) in [5.41, 5.74) is 7.83. The molecule has 4 rings (SSSR count). The molecule has 4 aromatic heterocycles. The summed E-state index contributed by atoms with van der Waals surface area (Å²) >= 11 is 0. The third-order valence-electron chi connectivity index (χ3n) is 4.08. The zero-order valence-corrected chi connectivity index (χ0v) is 22.7. The van der Waals surface area contributed by atoms with Crippen LogP contribution in [0.15, 0.2) is 72.8 Å². The maximum atomic E-state index is 4.42. The van der Waals surface area contributed by atoms with E-state index in [1.165, 1.54) is 0 Å². The summed E-state index contributed by atoms with van der Waals surface area (Å²) in [7, 11) is 0. The molecule has 0 amide bonds.